The van der Waals surface area contributed by atoms with E-state index in [9.17, 15) is 45.5 Å². The van der Waals surface area contributed by atoms with Gasteiger partial charge in [-0.2, -0.15) is 26.3 Å². The van der Waals surface area contributed by atoms with Crippen molar-refractivity contribution in [3.8, 4) is 0 Å². The van der Waals surface area contributed by atoms with Gasteiger partial charge in [0.25, 0.3) is 0 Å². The summed E-state index contributed by atoms with van der Waals surface area (Å²) >= 11 is 0. The van der Waals surface area contributed by atoms with E-state index in [4.69, 9.17) is 14.2 Å². The van der Waals surface area contributed by atoms with Crippen LogP contribution in [0.1, 0.15) is 52.4 Å². The number of hydrogen-bond donors (Lipinski definition) is 0. The normalized spacial score (nSPS) is 38.8. The van der Waals surface area contributed by atoms with E-state index in [1.807, 2.05) is 0 Å². The standard InChI is InChI=1S/C25H28F6O7/c1-22-9-13(19(33)36-3)15(32)8-11(22)4-5-12-14-6-7-17(38-21(35)25(29,30)31)23(14,2)10-16(18(12)22)37-20(34)24(26,27)28/h8,12-14,16-18H,4-7,9-10H2,1-3H3/t12-,13?,14-,16?,17?,18-,22-,23-/m0/s1. The maximum Gasteiger partial charge on any atom is 0.490 e. The Morgan fingerprint density at radius 1 is 0.921 bits per heavy atom. The second kappa shape index (κ2) is 9.25. The molecule has 8 atom stereocenters. The van der Waals surface area contributed by atoms with Gasteiger partial charge in [-0.05, 0) is 61.9 Å². The fourth-order valence-electron chi connectivity index (χ4n) is 7.74. The molecule has 212 valence electrons. The summed E-state index contributed by atoms with van der Waals surface area (Å²) in [4.78, 5) is 48.7. The number of methoxy groups -OCH3 is 1. The number of ether oxygens (including phenoxy) is 3. The lowest BCUT2D eigenvalue weighted by molar-refractivity contribution is -0.228. The molecule has 0 N–H and O–H groups in total. The number of carbonyl (C=O) groups is 4. The number of hydrogen-bond acceptors (Lipinski definition) is 7. The molecule has 0 amide bonds. The second-order valence-electron chi connectivity index (χ2n) is 11.2. The van der Waals surface area contributed by atoms with Crippen molar-refractivity contribution in [3.05, 3.63) is 11.6 Å². The van der Waals surface area contributed by atoms with Gasteiger partial charge in [0.2, 0.25) is 0 Å². The summed E-state index contributed by atoms with van der Waals surface area (Å²) < 4.78 is 93.3. The van der Waals surface area contributed by atoms with Crippen LogP contribution in [-0.4, -0.2) is 55.4 Å². The Hall–Kier alpha value is -2.60. The summed E-state index contributed by atoms with van der Waals surface area (Å²) in [5.74, 6) is -8.84. The molecule has 0 heterocycles. The van der Waals surface area contributed by atoms with E-state index in [-0.39, 0.29) is 25.2 Å². The van der Waals surface area contributed by atoms with Crippen molar-refractivity contribution in [2.45, 2.75) is 76.9 Å². The summed E-state index contributed by atoms with van der Waals surface area (Å²) in [5.41, 5.74) is -1.59. The molecule has 3 fully saturated rings. The van der Waals surface area contributed by atoms with Crippen molar-refractivity contribution >= 4 is 23.7 Å². The smallest absolute Gasteiger partial charge is 0.468 e. The van der Waals surface area contributed by atoms with E-state index in [1.165, 1.54) is 6.08 Å². The third-order valence-electron chi connectivity index (χ3n) is 9.30. The lowest BCUT2D eigenvalue weighted by atomic mass is 9.45. The predicted octanol–water partition coefficient (Wildman–Crippen LogP) is 4.48. The highest BCUT2D eigenvalue weighted by Crippen LogP contribution is 2.66. The van der Waals surface area contributed by atoms with Gasteiger partial charge in [-0.15, -0.1) is 0 Å². The van der Waals surface area contributed by atoms with Gasteiger partial charge in [-0.1, -0.05) is 19.4 Å². The molecule has 38 heavy (non-hydrogen) atoms. The van der Waals surface area contributed by atoms with Crippen LogP contribution in [0.2, 0.25) is 0 Å². The lowest BCUT2D eigenvalue weighted by Gasteiger charge is -2.60. The number of esters is 3. The average molecular weight is 554 g/mol. The summed E-state index contributed by atoms with van der Waals surface area (Å²) in [5, 5.41) is 0. The molecule has 0 aliphatic heterocycles. The van der Waals surface area contributed by atoms with Crippen LogP contribution in [0.5, 0.6) is 0 Å². The van der Waals surface area contributed by atoms with E-state index in [2.05, 4.69) is 0 Å². The molecule has 0 spiro atoms. The van der Waals surface area contributed by atoms with Crippen molar-refractivity contribution in [1.82, 2.24) is 0 Å². The van der Waals surface area contributed by atoms with Gasteiger partial charge < -0.3 is 14.2 Å². The Labute approximate surface area is 214 Å². The molecule has 0 aromatic rings. The monoisotopic (exact) mass is 554 g/mol. The Balaban J connectivity index is 1.75. The number of rotatable bonds is 3. The zero-order chi connectivity index (χ0) is 28.4. The molecule has 0 aromatic carbocycles. The molecule has 0 radical (unpaired) electrons. The summed E-state index contributed by atoms with van der Waals surface area (Å²) in [7, 11) is 1.11. The van der Waals surface area contributed by atoms with E-state index < -0.39 is 76.8 Å². The quantitative estimate of drug-likeness (QED) is 0.220. The Morgan fingerprint density at radius 3 is 2.11 bits per heavy atom. The van der Waals surface area contributed by atoms with Gasteiger partial charge in [-0.3, -0.25) is 9.59 Å². The molecule has 7 nitrogen and oxygen atoms in total. The fraction of sp³-hybridized carbons (Fsp3) is 0.760. The molecular formula is C25H28F6O7. The minimum absolute atomic E-state index is 0.0643. The number of allylic oxidation sites excluding steroid dienone is 1. The highest BCUT2D eigenvalue weighted by atomic mass is 19.4. The van der Waals surface area contributed by atoms with Crippen molar-refractivity contribution in [3.63, 3.8) is 0 Å². The molecular weight excluding hydrogens is 526 g/mol. The zero-order valence-corrected chi connectivity index (χ0v) is 20.9. The molecule has 4 rings (SSSR count). The van der Waals surface area contributed by atoms with Gasteiger partial charge in [0.1, 0.15) is 18.1 Å². The van der Waals surface area contributed by atoms with E-state index in [0.717, 1.165) is 7.11 Å². The molecule has 4 aliphatic carbocycles. The van der Waals surface area contributed by atoms with Crippen LogP contribution in [0, 0.1) is 34.5 Å². The first-order valence-electron chi connectivity index (χ1n) is 12.3. The van der Waals surface area contributed by atoms with Crippen molar-refractivity contribution < 1.29 is 59.7 Å². The maximum absolute atomic E-state index is 13.3. The first-order chi connectivity index (χ1) is 17.4. The number of ketones is 1. The molecule has 0 bridgehead atoms. The van der Waals surface area contributed by atoms with Crippen molar-refractivity contribution in [2.75, 3.05) is 7.11 Å². The predicted molar refractivity (Wildman–Crippen MR) is 115 cm³/mol. The van der Waals surface area contributed by atoms with Crippen LogP contribution >= 0.6 is 0 Å². The Bertz CT molecular complexity index is 1070. The highest BCUT2D eigenvalue weighted by molar-refractivity contribution is 6.06. The first-order valence-corrected chi connectivity index (χ1v) is 12.3. The Kier molecular flexibility index (Phi) is 6.92. The molecule has 0 aromatic heterocycles. The van der Waals surface area contributed by atoms with E-state index in [0.29, 0.717) is 24.8 Å². The molecule has 4 aliphatic rings. The highest BCUT2D eigenvalue weighted by Gasteiger charge is 2.66. The summed E-state index contributed by atoms with van der Waals surface area (Å²) in [6.07, 6.45) is -11.1. The van der Waals surface area contributed by atoms with Gasteiger partial charge in [0.05, 0.1) is 7.11 Å². The van der Waals surface area contributed by atoms with Gasteiger partial charge >= 0.3 is 30.3 Å². The molecule has 3 saturated carbocycles. The second-order valence-corrected chi connectivity index (χ2v) is 11.2. The van der Waals surface area contributed by atoms with E-state index in [1.54, 1.807) is 13.8 Å². The summed E-state index contributed by atoms with van der Waals surface area (Å²) in [6, 6.07) is 0. The van der Waals surface area contributed by atoms with Gasteiger partial charge in [-0.25, -0.2) is 9.59 Å². The molecule has 13 heteroatoms. The number of carbonyl (C=O) groups excluding carboxylic acids is 4. The van der Waals surface area contributed by atoms with E-state index >= 15 is 0 Å². The molecule has 3 unspecified atom stereocenters. The zero-order valence-electron chi connectivity index (χ0n) is 20.9. The van der Waals surface area contributed by atoms with Crippen LogP contribution in [0.4, 0.5) is 26.3 Å². The minimum atomic E-state index is -5.32. The molecule has 0 saturated heterocycles. The Morgan fingerprint density at radius 2 is 1.53 bits per heavy atom. The minimum Gasteiger partial charge on any atom is -0.468 e. The SMILES string of the molecule is COC(=O)C1C[C@@]2(C)C(=CC1=O)CC[C@@H]1[C@H]2C(OC(=O)C(F)(F)F)C[C@]2(C)C(OC(=O)C(F)(F)F)CC[C@@H]12. The van der Waals surface area contributed by atoms with Gasteiger partial charge in [0.15, 0.2) is 5.78 Å². The third-order valence-corrected chi connectivity index (χ3v) is 9.30. The first kappa shape index (κ1) is 28.4. The third kappa shape index (κ3) is 4.59. The van der Waals surface area contributed by atoms with Crippen molar-refractivity contribution in [1.29, 1.82) is 0 Å². The van der Waals surface area contributed by atoms with Crippen LogP contribution < -0.4 is 0 Å². The fourth-order valence-corrected chi connectivity index (χ4v) is 7.74. The topological polar surface area (TPSA) is 96.0 Å². The number of halogens is 6. The van der Waals surface area contributed by atoms with Crippen LogP contribution in [0.15, 0.2) is 11.6 Å². The lowest BCUT2D eigenvalue weighted by Crippen LogP contribution is -2.59. The largest absolute Gasteiger partial charge is 0.490 e. The number of alkyl halides is 6. The maximum atomic E-state index is 13.3. The number of fused-ring (bicyclic) bond motifs is 5. The van der Waals surface area contributed by atoms with Crippen molar-refractivity contribution in [2.24, 2.45) is 34.5 Å². The van der Waals surface area contributed by atoms with Crippen LogP contribution in [0.3, 0.4) is 0 Å². The van der Waals surface area contributed by atoms with Crippen LogP contribution in [-0.2, 0) is 33.4 Å². The summed E-state index contributed by atoms with van der Waals surface area (Å²) in [6.45, 7) is 3.27. The van der Waals surface area contributed by atoms with Crippen LogP contribution in [0.25, 0.3) is 0 Å². The van der Waals surface area contributed by atoms with Gasteiger partial charge in [0, 0.05) is 11.3 Å². The average Bonchev–Trinajstić information content (AvgIpc) is 3.12.